The average Bonchev–Trinajstić information content (AvgIpc) is 2.63. The molecule has 0 radical (unpaired) electrons. The second kappa shape index (κ2) is 11.0. The van der Waals surface area contributed by atoms with Gasteiger partial charge in [0.1, 0.15) is 12.1 Å². The van der Waals surface area contributed by atoms with Crippen molar-refractivity contribution in [1.29, 1.82) is 0 Å². The van der Waals surface area contributed by atoms with Crippen molar-refractivity contribution < 1.29 is 24.3 Å². The van der Waals surface area contributed by atoms with Crippen LogP contribution in [0.4, 0.5) is 0 Å². The quantitative estimate of drug-likeness (QED) is 0.359. The van der Waals surface area contributed by atoms with Gasteiger partial charge in [-0.1, -0.05) is 44.2 Å². The second-order valence-electron chi connectivity index (χ2n) is 6.88. The van der Waals surface area contributed by atoms with Gasteiger partial charge in [-0.05, 0) is 18.4 Å². The van der Waals surface area contributed by atoms with Gasteiger partial charge in [-0.15, -0.1) is 0 Å². The third kappa shape index (κ3) is 7.75. The molecular weight excluding hydrogens is 364 g/mol. The smallest absolute Gasteiger partial charge is 0.326 e. The summed E-state index contributed by atoms with van der Waals surface area (Å²) >= 11 is 0. The SMILES string of the molecule is CC(N)C(=O)NC(C(=O)NCC(=O)NC(Cc1ccccc1)C(=O)O)C(C)C. The molecule has 1 aromatic rings. The molecule has 3 amide bonds. The van der Waals surface area contributed by atoms with Gasteiger partial charge in [-0.2, -0.15) is 0 Å². The lowest BCUT2D eigenvalue weighted by Crippen LogP contribution is -2.55. The minimum Gasteiger partial charge on any atom is -0.480 e. The molecule has 9 nitrogen and oxygen atoms in total. The highest BCUT2D eigenvalue weighted by molar-refractivity contribution is 5.92. The molecule has 154 valence electrons. The first-order valence-corrected chi connectivity index (χ1v) is 9.01. The molecule has 0 saturated heterocycles. The molecule has 0 spiro atoms. The third-order valence-electron chi connectivity index (χ3n) is 4.00. The van der Waals surface area contributed by atoms with Crippen molar-refractivity contribution in [3.05, 3.63) is 35.9 Å². The van der Waals surface area contributed by atoms with Crippen LogP contribution in [0, 0.1) is 5.92 Å². The van der Waals surface area contributed by atoms with Crippen LogP contribution >= 0.6 is 0 Å². The van der Waals surface area contributed by atoms with Crippen LogP contribution in [0.5, 0.6) is 0 Å². The predicted molar refractivity (Wildman–Crippen MR) is 103 cm³/mol. The van der Waals surface area contributed by atoms with E-state index in [4.69, 9.17) is 5.73 Å². The molecule has 0 aliphatic rings. The Hall–Kier alpha value is -2.94. The van der Waals surface area contributed by atoms with Crippen LogP contribution in [0.2, 0.25) is 0 Å². The van der Waals surface area contributed by atoms with Crippen molar-refractivity contribution in [2.45, 2.75) is 45.3 Å². The maximum Gasteiger partial charge on any atom is 0.326 e. The molecule has 0 bridgehead atoms. The van der Waals surface area contributed by atoms with Crippen LogP contribution < -0.4 is 21.7 Å². The van der Waals surface area contributed by atoms with Gasteiger partial charge in [0, 0.05) is 6.42 Å². The third-order valence-corrected chi connectivity index (χ3v) is 4.00. The number of carbonyl (C=O) groups excluding carboxylic acids is 3. The molecule has 0 saturated carbocycles. The number of rotatable bonds is 10. The molecule has 28 heavy (non-hydrogen) atoms. The zero-order valence-corrected chi connectivity index (χ0v) is 16.3. The minimum absolute atomic E-state index is 0.120. The van der Waals surface area contributed by atoms with Gasteiger partial charge in [0.05, 0.1) is 12.6 Å². The Bertz CT molecular complexity index is 691. The van der Waals surface area contributed by atoms with Gasteiger partial charge in [0.25, 0.3) is 0 Å². The van der Waals surface area contributed by atoms with Crippen molar-refractivity contribution in [2.24, 2.45) is 11.7 Å². The summed E-state index contributed by atoms with van der Waals surface area (Å²) in [4.78, 5) is 47.5. The highest BCUT2D eigenvalue weighted by Crippen LogP contribution is 2.04. The predicted octanol–water partition coefficient (Wildman–Crippen LogP) is -0.597. The van der Waals surface area contributed by atoms with E-state index in [2.05, 4.69) is 16.0 Å². The van der Waals surface area contributed by atoms with Gasteiger partial charge in [-0.3, -0.25) is 14.4 Å². The number of benzene rings is 1. The molecule has 6 N–H and O–H groups in total. The van der Waals surface area contributed by atoms with Crippen molar-refractivity contribution in [1.82, 2.24) is 16.0 Å². The number of aliphatic carboxylic acids is 1. The fraction of sp³-hybridized carbons (Fsp3) is 0.474. The van der Waals surface area contributed by atoms with E-state index >= 15 is 0 Å². The van der Waals surface area contributed by atoms with Crippen molar-refractivity contribution in [3.8, 4) is 0 Å². The molecule has 0 heterocycles. The normalized spacial score (nSPS) is 13.9. The summed E-state index contributed by atoms with van der Waals surface area (Å²) in [6.45, 7) is 4.57. The highest BCUT2D eigenvalue weighted by Gasteiger charge is 2.26. The average molecular weight is 392 g/mol. The van der Waals surface area contributed by atoms with E-state index in [1.807, 2.05) is 6.07 Å². The zero-order valence-electron chi connectivity index (χ0n) is 16.3. The molecule has 0 aromatic heterocycles. The monoisotopic (exact) mass is 392 g/mol. The van der Waals surface area contributed by atoms with Crippen LogP contribution in [0.1, 0.15) is 26.3 Å². The van der Waals surface area contributed by atoms with Gasteiger partial charge in [-0.25, -0.2) is 4.79 Å². The Morgan fingerprint density at radius 1 is 1.00 bits per heavy atom. The summed E-state index contributed by atoms with van der Waals surface area (Å²) in [5, 5.41) is 16.6. The first kappa shape index (κ1) is 23.1. The highest BCUT2D eigenvalue weighted by atomic mass is 16.4. The summed E-state index contributed by atoms with van der Waals surface area (Å²) in [6, 6.07) is 6.14. The Morgan fingerprint density at radius 2 is 1.61 bits per heavy atom. The van der Waals surface area contributed by atoms with Crippen molar-refractivity contribution >= 4 is 23.7 Å². The van der Waals surface area contributed by atoms with E-state index in [9.17, 15) is 24.3 Å². The van der Waals surface area contributed by atoms with E-state index in [0.29, 0.717) is 0 Å². The fourth-order valence-electron chi connectivity index (χ4n) is 2.39. The number of nitrogens with one attached hydrogen (secondary N) is 3. The molecular formula is C19H28N4O5. The number of hydrogen-bond acceptors (Lipinski definition) is 5. The standard InChI is InChI=1S/C19H28N4O5/c1-11(2)16(23-17(25)12(3)20)18(26)21-10-15(24)22-14(19(27)28)9-13-7-5-4-6-8-13/h4-8,11-12,14,16H,9-10,20H2,1-3H3,(H,21,26)(H,22,24)(H,23,25)(H,27,28). The largest absolute Gasteiger partial charge is 0.480 e. The summed E-state index contributed by atoms with van der Waals surface area (Å²) < 4.78 is 0. The number of carbonyl (C=O) groups is 4. The van der Waals surface area contributed by atoms with E-state index in [-0.39, 0.29) is 12.3 Å². The molecule has 0 aliphatic carbocycles. The van der Waals surface area contributed by atoms with Gasteiger partial charge < -0.3 is 26.8 Å². The van der Waals surface area contributed by atoms with E-state index in [0.717, 1.165) is 5.56 Å². The van der Waals surface area contributed by atoms with Crippen LogP contribution in [-0.2, 0) is 25.6 Å². The molecule has 0 fully saturated rings. The Morgan fingerprint density at radius 3 is 2.11 bits per heavy atom. The number of amides is 3. The minimum atomic E-state index is -1.17. The lowest BCUT2D eigenvalue weighted by Gasteiger charge is -2.22. The van der Waals surface area contributed by atoms with E-state index < -0.39 is 48.4 Å². The molecule has 1 rings (SSSR count). The number of carboxylic acids is 1. The summed E-state index contributed by atoms with van der Waals surface area (Å²) in [5.74, 6) is -3.07. The van der Waals surface area contributed by atoms with E-state index in [1.165, 1.54) is 6.92 Å². The molecule has 0 aliphatic heterocycles. The Labute approximate surface area is 164 Å². The lowest BCUT2D eigenvalue weighted by molar-refractivity contribution is -0.141. The first-order chi connectivity index (χ1) is 13.1. The molecule has 1 aromatic carbocycles. The first-order valence-electron chi connectivity index (χ1n) is 9.01. The Kier molecular flexibility index (Phi) is 9.10. The van der Waals surface area contributed by atoms with Gasteiger partial charge in [0.15, 0.2) is 0 Å². The number of nitrogens with two attached hydrogens (primary N) is 1. The van der Waals surface area contributed by atoms with Crippen LogP contribution in [0.25, 0.3) is 0 Å². The maximum atomic E-state index is 12.3. The van der Waals surface area contributed by atoms with Crippen LogP contribution in [-0.4, -0.2) is 53.5 Å². The Balaban J connectivity index is 2.61. The van der Waals surface area contributed by atoms with E-state index in [1.54, 1.807) is 38.1 Å². The topological polar surface area (TPSA) is 151 Å². The van der Waals surface area contributed by atoms with Crippen molar-refractivity contribution in [2.75, 3.05) is 6.54 Å². The molecule has 3 atom stereocenters. The summed E-state index contributed by atoms with van der Waals surface area (Å²) in [5.41, 5.74) is 6.25. The lowest BCUT2D eigenvalue weighted by atomic mass is 10.0. The summed E-state index contributed by atoms with van der Waals surface area (Å²) in [7, 11) is 0. The number of carboxylic acid groups (broad SMARTS) is 1. The molecule has 9 heteroatoms. The summed E-state index contributed by atoms with van der Waals surface area (Å²) in [6.07, 6.45) is 0.120. The maximum absolute atomic E-state index is 12.3. The fourth-order valence-corrected chi connectivity index (χ4v) is 2.39. The second-order valence-corrected chi connectivity index (χ2v) is 6.88. The van der Waals surface area contributed by atoms with Gasteiger partial charge >= 0.3 is 5.97 Å². The van der Waals surface area contributed by atoms with Crippen LogP contribution in [0.3, 0.4) is 0 Å². The van der Waals surface area contributed by atoms with Crippen molar-refractivity contribution in [3.63, 3.8) is 0 Å². The zero-order chi connectivity index (χ0) is 21.3. The van der Waals surface area contributed by atoms with Gasteiger partial charge in [0.2, 0.25) is 17.7 Å². The molecule has 3 unspecified atom stereocenters. The number of hydrogen-bond donors (Lipinski definition) is 5. The van der Waals surface area contributed by atoms with Crippen LogP contribution in [0.15, 0.2) is 30.3 Å².